The van der Waals surface area contributed by atoms with Crippen molar-refractivity contribution in [2.24, 2.45) is 0 Å². The second-order valence-corrected chi connectivity index (χ2v) is 7.79. The molecule has 0 unspecified atom stereocenters. The summed E-state index contributed by atoms with van der Waals surface area (Å²) in [6, 6.07) is 0. The molecule has 1 heterocycles. The van der Waals surface area contributed by atoms with E-state index in [4.69, 9.17) is 0 Å². The molecule has 4 nitrogen and oxygen atoms in total. The van der Waals surface area contributed by atoms with Gasteiger partial charge in [-0.05, 0) is 38.4 Å². The minimum atomic E-state index is 0.0762. The molecular weight excluding hydrogens is 310 g/mol. The van der Waals surface area contributed by atoms with Gasteiger partial charge >= 0.3 is 0 Å². The molecule has 0 atom stereocenters. The first-order chi connectivity index (χ1) is 9.78. The van der Waals surface area contributed by atoms with Crippen LogP contribution < -0.4 is 5.32 Å². The van der Waals surface area contributed by atoms with E-state index < -0.39 is 0 Å². The maximum atomic E-state index is 11.7. The number of allylic oxidation sites excluding steroid dienone is 1. The minimum Gasteiger partial charge on any atom is -0.355 e. The first kappa shape index (κ1) is 15.9. The third-order valence-corrected chi connectivity index (χ3v) is 6.07. The number of nitrogens with one attached hydrogen (secondary N) is 1. The van der Waals surface area contributed by atoms with Gasteiger partial charge in [-0.3, -0.25) is 4.79 Å². The molecule has 0 radical (unpaired) electrons. The number of aromatic nitrogens is 2. The lowest BCUT2D eigenvalue weighted by Gasteiger charge is -2.12. The van der Waals surface area contributed by atoms with Crippen LogP contribution in [-0.2, 0) is 4.79 Å². The van der Waals surface area contributed by atoms with Gasteiger partial charge in [-0.1, -0.05) is 46.5 Å². The van der Waals surface area contributed by atoms with Gasteiger partial charge in [0.15, 0.2) is 8.68 Å². The lowest BCUT2D eigenvalue weighted by atomic mass is 9.97. The fraction of sp³-hybridized carbons (Fsp3) is 0.615. The Morgan fingerprint density at radius 2 is 2.25 bits per heavy atom. The van der Waals surface area contributed by atoms with Crippen LogP contribution in [0.5, 0.6) is 0 Å². The summed E-state index contributed by atoms with van der Waals surface area (Å²) in [7, 11) is 0. The van der Waals surface area contributed by atoms with E-state index in [1.807, 2.05) is 6.26 Å². The summed E-state index contributed by atoms with van der Waals surface area (Å²) >= 11 is 4.57. The summed E-state index contributed by atoms with van der Waals surface area (Å²) in [5.41, 5.74) is 1.50. The van der Waals surface area contributed by atoms with Crippen LogP contribution in [0.25, 0.3) is 0 Å². The predicted octanol–water partition coefficient (Wildman–Crippen LogP) is 3.36. The van der Waals surface area contributed by atoms with Crippen LogP contribution in [-0.4, -0.2) is 34.7 Å². The quantitative estimate of drug-likeness (QED) is 0.614. The molecule has 1 amide bonds. The molecule has 1 aliphatic rings. The first-order valence-corrected chi connectivity index (χ1v) is 9.75. The zero-order valence-corrected chi connectivity index (χ0v) is 14.0. The number of thioether (sulfide) groups is 2. The van der Waals surface area contributed by atoms with Crippen molar-refractivity contribution in [1.29, 1.82) is 0 Å². The van der Waals surface area contributed by atoms with E-state index in [1.165, 1.54) is 54.4 Å². The van der Waals surface area contributed by atoms with E-state index in [0.29, 0.717) is 5.75 Å². The monoisotopic (exact) mass is 329 g/mol. The maximum absolute atomic E-state index is 11.7. The standard InChI is InChI=1S/C13H19N3OS3/c1-18-12-15-16-13(20-12)19-9-11(17)14-8-7-10-5-3-2-4-6-10/h5H,2-4,6-9H2,1H3,(H,14,17). The molecule has 0 saturated carbocycles. The van der Waals surface area contributed by atoms with Crippen molar-refractivity contribution >= 4 is 40.8 Å². The second kappa shape index (κ2) is 8.69. The number of amides is 1. The highest BCUT2D eigenvalue weighted by atomic mass is 32.2. The Hall–Kier alpha value is -0.530. The van der Waals surface area contributed by atoms with Crippen LogP contribution in [0, 0.1) is 0 Å². The van der Waals surface area contributed by atoms with Crippen LogP contribution in [0.4, 0.5) is 0 Å². The van der Waals surface area contributed by atoms with Gasteiger partial charge in [-0.25, -0.2) is 0 Å². The Morgan fingerprint density at radius 1 is 1.40 bits per heavy atom. The maximum Gasteiger partial charge on any atom is 0.230 e. The van der Waals surface area contributed by atoms with E-state index in [1.54, 1.807) is 11.8 Å². The van der Waals surface area contributed by atoms with Crippen molar-refractivity contribution in [2.45, 2.75) is 40.8 Å². The van der Waals surface area contributed by atoms with Crippen molar-refractivity contribution in [3.05, 3.63) is 11.6 Å². The molecule has 1 N–H and O–H groups in total. The molecule has 0 saturated heterocycles. The summed E-state index contributed by atoms with van der Waals surface area (Å²) in [4.78, 5) is 11.7. The number of carbonyl (C=O) groups is 1. The lowest BCUT2D eigenvalue weighted by molar-refractivity contribution is -0.118. The SMILES string of the molecule is CSc1nnc(SCC(=O)NCCC2=CCCCC2)s1. The molecule has 1 aromatic rings. The van der Waals surface area contributed by atoms with E-state index in [0.717, 1.165) is 21.6 Å². The number of nitrogens with zero attached hydrogens (tertiary/aromatic N) is 2. The molecule has 0 fully saturated rings. The van der Waals surface area contributed by atoms with Gasteiger partial charge in [0.1, 0.15) is 0 Å². The van der Waals surface area contributed by atoms with Crippen molar-refractivity contribution in [1.82, 2.24) is 15.5 Å². The molecule has 1 aromatic heterocycles. The van der Waals surface area contributed by atoms with E-state index >= 15 is 0 Å². The van der Waals surface area contributed by atoms with Crippen LogP contribution in [0.2, 0.25) is 0 Å². The summed E-state index contributed by atoms with van der Waals surface area (Å²) in [6.07, 6.45) is 10.3. The molecule has 0 aromatic carbocycles. The molecular formula is C13H19N3OS3. The Labute approximate surface area is 132 Å². The Balaban J connectivity index is 1.61. The average molecular weight is 330 g/mol. The Morgan fingerprint density at radius 3 is 2.95 bits per heavy atom. The van der Waals surface area contributed by atoms with Crippen LogP contribution >= 0.6 is 34.9 Å². The van der Waals surface area contributed by atoms with Gasteiger partial charge in [0.2, 0.25) is 5.91 Å². The molecule has 7 heteroatoms. The van der Waals surface area contributed by atoms with E-state index in [2.05, 4.69) is 21.6 Å². The highest BCUT2D eigenvalue weighted by Crippen LogP contribution is 2.27. The summed E-state index contributed by atoms with van der Waals surface area (Å²) in [5, 5.41) is 11.0. The normalized spacial score (nSPS) is 14.9. The number of hydrogen-bond acceptors (Lipinski definition) is 6. The lowest BCUT2D eigenvalue weighted by Crippen LogP contribution is -2.26. The Kier molecular flexibility index (Phi) is 6.89. The van der Waals surface area contributed by atoms with Gasteiger partial charge < -0.3 is 5.32 Å². The highest BCUT2D eigenvalue weighted by Gasteiger charge is 2.08. The third kappa shape index (κ3) is 5.46. The summed E-state index contributed by atoms with van der Waals surface area (Å²) in [5.74, 6) is 0.495. The van der Waals surface area contributed by atoms with Crippen LogP contribution in [0.15, 0.2) is 20.3 Å². The highest BCUT2D eigenvalue weighted by molar-refractivity contribution is 8.03. The summed E-state index contributed by atoms with van der Waals surface area (Å²) in [6.45, 7) is 0.747. The Bertz CT molecular complexity index is 473. The minimum absolute atomic E-state index is 0.0762. The van der Waals surface area contributed by atoms with Gasteiger partial charge in [0.05, 0.1) is 5.75 Å². The molecule has 2 rings (SSSR count). The fourth-order valence-corrected chi connectivity index (χ4v) is 4.28. The van der Waals surface area contributed by atoms with E-state index in [9.17, 15) is 4.79 Å². The molecule has 0 spiro atoms. The van der Waals surface area contributed by atoms with Crippen LogP contribution in [0.1, 0.15) is 32.1 Å². The first-order valence-electron chi connectivity index (χ1n) is 6.73. The zero-order chi connectivity index (χ0) is 14.2. The predicted molar refractivity (Wildman–Crippen MR) is 86.6 cm³/mol. The van der Waals surface area contributed by atoms with Gasteiger partial charge in [0.25, 0.3) is 0 Å². The molecule has 20 heavy (non-hydrogen) atoms. The second-order valence-electron chi connectivity index (χ2n) is 4.53. The molecule has 0 bridgehead atoms. The van der Waals surface area contributed by atoms with Crippen molar-refractivity contribution < 1.29 is 4.79 Å². The van der Waals surface area contributed by atoms with Gasteiger partial charge in [-0.15, -0.1) is 10.2 Å². The average Bonchev–Trinajstić information content (AvgIpc) is 2.94. The largest absolute Gasteiger partial charge is 0.355 e. The van der Waals surface area contributed by atoms with Gasteiger partial charge in [0, 0.05) is 6.54 Å². The zero-order valence-electron chi connectivity index (χ0n) is 11.6. The topological polar surface area (TPSA) is 54.9 Å². The number of carbonyl (C=O) groups excluding carboxylic acids is 1. The molecule has 0 aliphatic heterocycles. The molecule has 1 aliphatic carbocycles. The van der Waals surface area contributed by atoms with Crippen molar-refractivity contribution in [3.63, 3.8) is 0 Å². The van der Waals surface area contributed by atoms with Crippen LogP contribution in [0.3, 0.4) is 0 Å². The van der Waals surface area contributed by atoms with Gasteiger partial charge in [-0.2, -0.15) is 0 Å². The smallest absolute Gasteiger partial charge is 0.230 e. The van der Waals surface area contributed by atoms with Crippen molar-refractivity contribution in [3.8, 4) is 0 Å². The van der Waals surface area contributed by atoms with E-state index in [-0.39, 0.29) is 5.91 Å². The fourth-order valence-electron chi connectivity index (χ4n) is 2.01. The number of hydrogen-bond donors (Lipinski definition) is 1. The van der Waals surface area contributed by atoms with Crippen molar-refractivity contribution in [2.75, 3.05) is 18.6 Å². The third-order valence-electron chi connectivity index (χ3n) is 3.04. The molecule has 110 valence electrons. The summed E-state index contributed by atoms with van der Waals surface area (Å²) < 4.78 is 1.80. The number of rotatable bonds is 7.